The van der Waals surface area contributed by atoms with Gasteiger partial charge in [0.25, 0.3) is 0 Å². The number of nitrogens with one attached hydrogen (secondary N) is 3. The highest BCUT2D eigenvalue weighted by Gasteiger charge is 2.40. The van der Waals surface area contributed by atoms with Gasteiger partial charge in [0.15, 0.2) is 5.82 Å². The van der Waals surface area contributed by atoms with Crippen LogP contribution in [0.3, 0.4) is 0 Å². The van der Waals surface area contributed by atoms with Crippen LogP contribution in [-0.4, -0.2) is 45.6 Å². The zero-order valence-corrected chi connectivity index (χ0v) is 22.8. The van der Waals surface area contributed by atoms with Crippen LogP contribution in [0.15, 0.2) is 66.9 Å². The number of benzene rings is 2. The highest BCUT2D eigenvalue weighted by Crippen LogP contribution is 2.35. The lowest BCUT2D eigenvalue weighted by molar-refractivity contribution is -0.231. The molecule has 4 aromatic rings. The van der Waals surface area contributed by atoms with E-state index in [9.17, 15) is 9.18 Å². The molecule has 0 spiro atoms. The normalized spacial score (nSPS) is 19.6. The molecule has 9 nitrogen and oxygen atoms in total. The number of hydrogen-bond donors (Lipinski definition) is 3. The topological polar surface area (TPSA) is 114 Å². The molecule has 1 fully saturated rings. The van der Waals surface area contributed by atoms with E-state index in [0.717, 1.165) is 12.0 Å². The van der Waals surface area contributed by atoms with Crippen molar-refractivity contribution in [3.63, 3.8) is 0 Å². The molecule has 3 heterocycles. The summed E-state index contributed by atoms with van der Waals surface area (Å²) in [5.74, 6) is 0.431. The Morgan fingerprint density at radius 3 is 2.52 bits per heavy atom. The summed E-state index contributed by atoms with van der Waals surface area (Å²) in [6.45, 7) is 6.80. The zero-order valence-electron chi connectivity index (χ0n) is 22.8. The third kappa shape index (κ3) is 6.03. The molecular formula is C30H33FN6O3. The van der Waals surface area contributed by atoms with Crippen LogP contribution < -0.4 is 10.6 Å². The van der Waals surface area contributed by atoms with E-state index in [1.54, 1.807) is 24.4 Å². The van der Waals surface area contributed by atoms with Gasteiger partial charge >= 0.3 is 0 Å². The Hall–Kier alpha value is -4.15. The quantitative estimate of drug-likeness (QED) is 0.258. The van der Waals surface area contributed by atoms with E-state index in [1.807, 2.05) is 51.1 Å². The minimum atomic E-state index is -0.808. The summed E-state index contributed by atoms with van der Waals surface area (Å²) in [6.07, 6.45) is 1.71. The number of nitrogens with zero attached hydrogens (tertiary/aromatic N) is 3. The van der Waals surface area contributed by atoms with Gasteiger partial charge in [-0.1, -0.05) is 37.3 Å². The number of hydrogen-bond acceptors (Lipinski definition) is 7. The monoisotopic (exact) mass is 544 g/mol. The number of ether oxygens (including phenoxy) is 2. The number of carbonyl (C=O) groups excluding carboxylic acids is 1. The Morgan fingerprint density at radius 2 is 1.82 bits per heavy atom. The van der Waals surface area contributed by atoms with Crippen LogP contribution >= 0.6 is 0 Å². The summed E-state index contributed by atoms with van der Waals surface area (Å²) >= 11 is 0. The zero-order chi connectivity index (χ0) is 28.1. The second kappa shape index (κ2) is 11.9. The van der Waals surface area contributed by atoms with E-state index in [-0.39, 0.29) is 31.0 Å². The third-order valence-electron chi connectivity index (χ3n) is 6.81. The third-order valence-corrected chi connectivity index (χ3v) is 6.81. The van der Waals surface area contributed by atoms with Crippen LogP contribution in [-0.2, 0) is 14.3 Å². The van der Waals surface area contributed by atoms with Crippen molar-refractivity contribution < 1.29 is 18.7 Å². The fourth-order valence-electron chi connectivity index (χ4n) is 4.44. The SMILES string of the molecule is CCCNC(=O)C1(C)COC(c2nc(-c3ccc(F)cc3)c(-c3ccnc(NC(C)c4ccccc4)n3)[nH]2)OC1. The van der Waals surface area contributed by atoms with Crippen molar-refractivity contribution in [1.82, 2.24) is 25.3 Å². The maximum atomic E-state index is 13.7. The number of imidazole rings is 1. The van der Waals surface area contributed by atoms with E-state index >= 15 is 0 Å². The van der Waals surface area contributed by atoms with Crippen LogP contribution in [0.1, 0.15) is 50.9 Å². The first-order valence-electron chi connectivity index (χ1n) is 13.4. The molecule has 1 aliphatic heterocycles. The first-order chi connectivity index (χ1) is 19.4. The molecule has 3 N–H and O–H groups in total. The molecule has 5 rings (SSSR count). The maximum Gasteiger partial charge on any atom is 0.230 e. The number of amides is 1. The second-order valence-electron chi connectivity index (χ2n) is 10.2. The highest BCUT2D eigenvalue weighted by molar-refractivity contribution is 5.82. The largest absolute Gasteiger partial charge is 0.355 e. The van der Waals surface area contributed by atoms with Gasteiger partial charge in [-0.05, 0) is 56.2 Å². The van der Waals surface area contributed by atoms with Crippen LogP contribution in [0.25, 0.3) is 22.6 Å². The second-order valence-corrected chi connectivity index (χ2v) is 10.2. The van der Waals surface area contributed by atoms with Gasteiger partial charge in [0.2, 0.25) is 18.1 Å². The van der Waals surface area contributed by atoms with Crippen molar-refractivity contribution in [2.24, 2.45) is 5.41 Å². The Labute approximate surface area is 232 Å². The summed E-state index contributed by atoms with van der Waals surface area (Å²) < 4.78 is 25.7. The molecule has 1 saturated heterocycles. The number of aromatic nitrogens is 4. The molecular weight excluding hydrogens is 511 g/mol. The molecule has 208 valence electrons. The summed E-state index contributed by atoms with van der Waals surface area (Å²) in [7, 11) is 0. The van der Waals surface area contributed by atoms with E-state index in [2.05, 4.69) is 20.6 Å². The van der Waals surface area contributed by atoms with E-state index < -0.39 is 11.7 Å². The molecule has 2 aromatic heterocycles. The van der Waals surface area contributed by atoms with Crippen LogP contribution in [0.2, 0.25) is 0 Å². The van der Waals surface area contributed by atoms with Crippen LogP contribution in [0, 0.1) is 11.2 Å². The Kier molecular flexibility index (Phi) is 8.18. The fourth-order valence-corrected chi connectivity index (χ4v) is 4.44. The van der Waals surface area contributed by atoms with Gasteiger partial charge < -0.3 is 25.1 Å². The summed E-state index contributed by atoms with van der Waals surface area (Å²) in [6, 6.07) is 17.9. The lowest BCUT2D eigenvalue weighted by atomic mass is 9.91. The van der Waals surface area contributed by atoms with Gasteiger partial charge in [0, 0.05) is 18.3 Å². The van der Waals surface area contributed by atoms with Crippen molar-refractivity contribution in [2.75, 3.05) is 25.1 Å². The lowest BCUT2D eigenvalue weighted by Gasteiger charge is -2.35. The molecule has 40 heavy (non-hydrogen) atoms. The predicted octanol–water partition coefficient (Wildman–Crippen LogP) is 5.42. The van der Waals surface area contributed by atoms with Crippen molar-refractivity contribution >= 4 is 11.9 Å². The number of anilines is 1. The van der Waals surface area contributed by atoms with Crippen molar-refractivity contribution in [3.05, 3.63) is 84.1 Å². The molecule has 0 bridgehead atoms. The number of rotatable bonds is 9. The minimum absolute atomic E-state index is 0.0155. The predicted molar refractivity (Wildman–Crippen MR) is 150 cm³/mol. The van der Waals surface area contributed by atoms with Crippen molar-refractivity contribution in [2.45, 2.75) is 39.5 Å². The molecule has 0 saturated carbocycles. The first kappa shape index (κ1) is 27.4. The van der Waals surface area contributed by atoms with Gasteiger partial charge in [-0.3, -0.25) is 4.79 Å². The van der Waals surface area contributed by atoms with Crippen molar-refractivity contribution in [1.29, 1.82) is 0 Å². The molecule has 10 heteroatoms. The molecule has 2 aromatic carbocycles. The number of halogens is 1. The average Bonchev–Trinajstić information content (AvgIpc) is 3.43. The van der Waals surface area contributed by atoms with Gasteiger partial charge in [-0.15, -0.1) is 0 Å². The number of aromatic amines is 1. The minimum Gasteiger partial charge on any atom is -0.355 e. The van der Waals surface area contributed by atoms with E-state index in [1.165, 1.54) is 12.1 Å². The fraction of sp³-hybridized carbons (Fsp3) is 0.333. The number of H-pyrrole nitrogens is 1. The van der Waals surface area contributed by atoms with Gasteiger partial charge in [-0.2, -0.15) is 0 Å². The Bertz CT molecular complexity index is 1440. The van der Waals surface area contributed by atoms with E-state index in [0.29, 0.717) is 41.0 Å². The van der Waals surface area contributed by atoms with Gasteiger partial charge in [-0.25, -0.2) is 19.3 Å². The first-order valence-corrected chi connectivity index (χ1v) is 13.4. The maximum absolute atomic E-state index is 13.7. The molecule has 1 unspecified atom stereocenters. The molecule has 1 atom stereocenters. The summed E-state index contributed by atoms with van der Waals surface area (Å²) in [5.41, 5.74) is 2.77. The highest BCUT2D eigenvalue weighted by atomic mass is 19.1. The summed E-state index contributed by atoms with van der Waals surface area (Å²) in [5, 5.41) is 6.26. The standard InChI is InChI=1S/C30H33FN6O3/c1-4-15-32-28(38)30(3)17-39-27(40-18-30)26-36-24(21-10-12-22(31)13-11-21)25(37-26)23-14-16-33-29(35-23)34-19(2)20-8-6-5-7-9-20/h5-14,16,19,27H,4,15,17-18H2,1-3H3,(H,32,38)(H,36,37)(H,33,34,35). The van der Waals surface area contributed by atoms with Gasteiger partial charge in [0.1, 0.15) is 5.82 Å². The lowest BCUT2D eigenvalue weighted by Crippen LogP contribution is -2.48. The molecule has 0 aliphatic carbocycles. The van der Waals surface area contributed by atoms with Crippen LogP contribution in [0.4, 0.5) is 10.3 Å². The van der Waals surface area contributed by atoms with Gasteiger partial charge in [0.05, 0.1) is 41.8 Å². The number of carbonyl (C=O) groups is 1. The molecule has 0 radical (unpaired) electrons. The smallest absolute Gasteiger partial charge is 0.230 e. The van der Waals surface area contributed by atoms with E-state index in [4.69, 9.17) is 19.4 Å². The molecule has 1 amide bonds. The van der Waals surface area contributed by atoms with Crippen molar-refractivity contribution in [3.8, 4) is 22.6 Å². The Balaban J connectivity index is 1.42. The van der Waals surface area contributed by atoms with Crippen LogP contribution in [0.5, 0.6) is 0 Å². The molecule has 1 aliphatic rings. The summed E-state index contributed by atoms with van der Waals surface area (Å²) in [4.78, 5) is 29.9. The Morgan fingerprint density at radius 1 is 1.10 bits per heavy atom. The average molecular weight is 545 g/mol.